The zero-order valence-corrected chi connectivity index (χ0v) is 19.0. The van der Waals surface area contributed by atoms with Crippen LogP contribution in [0.25, 0.3) is 10.8 Å². The van der Waals surface area contributed by atoms with Crippen molar-refractivity contribution in [2.45, 2.75) is 26.8 Å². The minimum atomic E-state index is -0.247. The van der Waals surface area contributed by atoms with Crippen LogP contribution in [0, 0.1) is 5.92 Å². The summed E-state index contributed by atoms with van der Waals surface area (Å²) in [6, 6.07) is 10.8. The first-order valence-electron chi connectivity index (χ1n) is 10.2. The summed E-state index contributed by atoms with van der Waals surface area (Å²) in [5.41, 5.74) is 1.33. The van der Waals surface area contributed by atoms with Gasteiger partial charge in [0.05, 0.1) is 25.2 Å². The van der Waals surface area contributed by atoms with Crippen molar-refractivity contribution in [3.05, 3.63) is 69.1 Å². The summed E-state index contributed by atoms with van der Waals surface area (Å²) in [5.74, 6) is 0.912. The Morgan fingerprint density at radius 3 is 2.26 bits per heavy atom. The molecule has 6 nitrogen and oxygen atoms in total. The third-order valence-corrected chi connectivity index (χ3v) is 5.26. The molecule has 0 fully saturated rings. The lowest BCUT2D eigenvalue weighted by atomic mass is 10.0. The van der Waals surface area contributed by atoms with Crippen LogP contribution in [-0.4, -0.2) is 31.2 Å². The summed E-state index contributed by atoms with van der Waals surface area (Å²) < 4.78 is 12.3. The van der Waals surface area contributed by atoms with E-state index in [4.69, 9.17) is 21.1 Å². The Morgan fingerprint density at radius 2 is 1.68 bits per heavy atom. The molecule has 31 heavy (non-hydrogen) atoms. The molecule has 0 aliphatic rings. The lowest BCUT2D eigenvalue weighted by Gasteiger charge is -2.16. The maximum Gasteiger partial charge on any atom is 0.258 e. The van der Waals surface area contributed by atoms with Gasteiger partial charge in [-0.25, -0.2) is 0 Å². The van der Waals surface area contributed by atoms with Gasteiger partial charge in [0.1, 0.15) is 0 Å². The number of amides is 1. The smallest absolute Gasteiger partial charge is 0.258 e. The molecular weight excluding hydrogens is 416 g/mol. The van der Waals surface area contributed by atoms with Crippen molar-refractivity contribution in [1.29, 1.82) is 0 Å². The number of fused-ring (bicyclic) bond motifs is 1. The second kappa shape index (κ2) is 9.88. The van der Waals surface area contributed by atoms with Gasteiger partial charge in [0.25, 0.3) is 11.5 Å². The molecule has 0 spiro atoms. The number of hydrogen-bond donors (Lipinski definition) is 1. The van der Waals surface area contributed by atoms with Gasteiger partial charge in [0.2, 0.25) is 0 Å². The van der Waals surface area contributed by atoms with Crippen molar-refractivity contribution in [2.24, 2.45) is 5.92 Å². The number of halogens is 1. The van der Waals surface area contributed by atoms with Gasteiger partial charge in [-0.2, -0.15) is 0 Å². The van der Waals surface area contributed by atoms with Crippen LogP contribution < -0.4 is 20.3 Å². The molecule has 0 bridgehead atoms. The number of benzene rings is 2. The Hall–Kier alpha value is -2.99. The minimum absolute atomic E-state index is 0.164. The van der Waals surface area contributed by atoms with E-state index in [-0.39, 0.29) is 17.4 Å². The van der Waals surface area contributed by atoms with Crippen molar-refractivity contribution in [3.63, 3.8) is 0 Å². The Labute approximate surface area is 186 Å². The number of methoxy groups -OCH3 is 2. The van der Waals surface area contributed by atoms with E-state index in [1.165, 1.54) is 14.2 Å². The molecule has 0 saturated carbocycles. The first-order chi connectivity index (χ1) is 14.8. The zero-order valence-electron chi connectivity index (χ0n) is 18.2. The fourth-order valence-corrected chi connectivity index (χ4v) is 3.62. The van der Waals surface area contributed by atoms with Gasteiger partial charge in [-0.1, -0.05) is 37.6 Å². The Kier molecular flexibility index (Phi) is 7.23. The molecule has 1 heterocycles. The molecule has 0 atom stereocenters. The maximum atomic E-state index is 13.1. The Bertz CT molecular complexity index is 1140. The molecule has 1 aromatic heterocycles. The third-order valence-electron chi connectivity index (χ3n) is 5.01. The average Bonchev–Trinajstić information content (AvgIpc) is 2.75. The van der Waals surface area contributed by atoms with Crippen molar-refractivity contribution in [3.8, 4) is 11.5 Å². The molecule has 0 aliphatic carbocycles. The molecule has 1 N–H and O–H groups in total. The zero-order chi connectivity index (χ0) is 22.5. The van der Waals surface area contributed by atoms with Gasteiger partial charge < -0.3 is 19.4 Å². The predicted octanol–water partition coefficient (Wildman–Crippen LogP) is 4.30. The van der Waals surface area contributed by atoms with Crippen LogP contribution in [0.3, 0.4) is 0 Å². The fourth-order valence-electron chi connectivity index (χ4n) is 3.49. The molecule has 3 aromatic rings. The lowest BCUT2D eigenvalue weighted by Crippen LogP contribution is -2.29. The number of pyridine rings is 1. The molecule has 1 amide bonds. The summed E-state index contributed by atoms with van der Waals surface area (Å²) in [6.07, 6.45) is 2.30. The number of ether oxygens (including phenoxy) is 2. The molecule has 0 radical (unpaired) electrons. The van der Waals surface area contributed by atoms with Crippen molar-refractivity contribution in [1.82, 2.24) is 9.88 Å². The Morgan fingerprint density at radius 1 is 1.06 bits per heavy atom. The van der Waals surface area contributed by atoms with Crippen molar-refractivity contribution < 1.29 is 14.3 Å². The van der Waals surface area contributed by atoms with E-state index in [1.54, 1.807) is 22.9 Å². The van der Waals surface area contributed by atoms with Crippen LogP contribution in [0.4, 0.5) is 0 Å². The van der Waals surface area contributed by atoms with Gasteiger partial charge >= 0.3 is 0 Å². The second-order valence-electron chi connectivity index (χ2n) is 7.78. The molecule has 0 unspecified atom stereocenters. The summed E-state index contributed by atoms with van der Waals surface area (Å²) in [5, 5.41) is 4.59. The summed E-state index contributed by atoms with van der Waals surface area (Å²) >= 11 is 5.92. The first kappa shape index (κ1) is 22.7. The minimum Gasteiger partial charge on any atom is -0.493 e. The fraction of sp³-hybridized carbons (Fsp3) is 0.333. The number of carbonyl (C=O) groups is 1. The van der Waals surface area contributed by atoms with Crippen LogP contribution in [0.5, 0.6) is 11.5 Å². The van der Waals surface area contributed by atoms with E-state index in [2.05, 4.69) is 5.32 Å². The molecular formula is C24H27ClN2O4. The largest absolute Gasteiger partial charge is 0.493 e. The van der Waals surface area contributed by atoms with E-state index in [1.807, 2.05) is 38.1 Å². The van der Waals surface area contributed by atoms with Gasteiger partial charge in [0.15, 0.2) is 11.5 Å². The SMILES string of the molecule is COc1cc2c(C(=O)NCCc3ccc(Cl)cc3)cn(CC(C)C)c(=O)c2cc1OC. The quantitative estimate of drug-likeness (QED) is 0.564. The molecule has 164 valence electrons. The molecule has 0 saturated heterocycles. The van der Waals surface area contributed by atoms with Crippen molar-refractivity contribution in [2.75, 3.05) is 20.8 Å². The van der Waals surface area contributed by atoms with Crippen LogP contribution in [0.1, 0.15) is 29.8 Å². The van der Waals surface area contributed by atoms with E-state index >= 15 is 0 Å². The predicted molar refractivity (Wildman–Crippen MR) is 124 cm³/mol. The summed E-state index contributed by atoms with van der Waals surface area (Å²) in [7, 11) is 3.04. The maximum absolute atomic E-state index is 13.1. The molecule has 2 aromatic carbocycles. The highest BCUT2D eigenvalue weighted by molar-refractivity contribution is 6.30. The van der Waals surface area contributed by atoms with Gasteiger partial charge in [-0.15, -0.1) is 0 Å². The van der Waals surface area contributed by atoms with E-state index in [9.17, 15) is 9.59 Å². The normalized spacial score (nSPS) is 11.0. The number of nitrogens with zero attached hydrogens (tertiary/aromatic N) is 1. The number of hydrogen-bond acceptors (Lipinski definition) is 4. The highest BCUT2D eigenvalue weighted by Crippen LogP contribution is 2.32. The highest BCUT2D eigenvalue weighted by Gasteiger charge is 2.18. The van der Waals surface area contributed by atoms with Gasteiger partial charge in [-0.3, -0.25) is 9.59 Å². The number of nitrogens with one attached hydrogen (secondary N) is 1. The third kappa shape index (κ3) is 5.20. The topological polar surface area (TPSA) is 69.6 Å². The van der Waals surface area contributed by atoms with Crippen LogP contribution in [-0.2, 0) is 13.0 Å². The number of aromatic nitrogens is 1. The lowest BCUT2D eigenvalue weighted by molar-refractivity contribution is 0.0955. The van der Waals surface area contributed by atoms with Crippen molar-refractivity contribution >= 4 is 28.3 Å². The molecule has 7 heteroatoms. The first-order valence-corrected chi connectivity index (χ1v) is 10.5. The monoisotopic (exact) mass is 442 g/mol. The average molecular weight is 443 g/mol. The molecule has 3 rings (SSSR count). The van der Waals surface area contributed by atoms with Crippen LogP contribution in [0.2, 0.25) is 5.02 Å². The van der Waals surface area contributed by atoms with Gasteiger partial charge in [-0.05, 0) is 42.2 Å². The standard InChI is InChI=1S/C24H27ClN2O4/c1-15(2)13-27-14-20(23(28)26-10-9-16-5-7-17(25)8-6-16)18-11-21(30-3)22(31-4)12-19(18)24(27)29/h5-8,11-12,14-15H,9-10,13H2,1-4H3,(H,26,28). The number of rotatable bonds is 8. The Balaban J connectivity index is 1.97. The highest BCUT2D eigenvalue weighted by atomic mass is 35.5. The van der Waals surface area contributed by atoms with Crippen LogP contribution in [0.15, 0.2) is 47.4 Å². The second-order valence-corrected chi connectivity index (χ2v) is 8.22. The van der Waals surface area contributed by atoms with Crippen LogP contribution >= 0.6 is 11.6 Å². The number of carbonyl (C=O) groups excluding carboxylic acids is 1. The van der Waals surface area contributed by atoms with E-state index in [0.717, 1.165) is 5.56 Å². The van der Waals surface area contributed by atoms with E-state index in [0.29, 0.717) is 52.4 Å². The van der Waals surface area contributed by atoms with E-state index < -0.39 is 0 Å². The summed E-state index contributed by atoms with van der Waals surface area (Å²) in [4.78, 5) is 26.1. The van der Waals surface area contributed by atoms with Gasteiger partial charge in [0, 0.05) is 29.7 Å². The summed E-state index contributed by atoms with van der Waals surface area (Å²) in [6.45, 7) is 5.01. The molecule has 0 aliphatic heterocycles.